The van der Waals surface area contributed by atoms with E-state index in [1.165, 1.54) is 4.90 Å². The molecule has 138 valence electrons. The molecule has 1 atom stereocenters. The van der Waals surface area contributed by atoms with Crippen molar-refractivity contribution >= 4 is 11.7 Å². The Morgan fingerprint density at radius 3 is 2.48 bits per heavy atom. The van der Waals surface area contributed by atoms with Gasteiger partial charge in [-0.15, -0.1) is 0 Å². The maximum Gasteiger partial charge on any atom is 0.356 e. The Hall–Kier alpha value is -2.09. The molecular weight excluding hydrogens is 340 g/mol. The Bertz CT molecular complexity index is 627. The lowest BCUT2D eigenvalue weighted by atomic mass is 10.2. The van der Waals surface area contributed by atoms with Crippen LogP contribution in [0.1, 0.15) is 12.0 Å². The van der Waals surface area contributed by atoms with Crippen LogP contribution in [0.25, 0.3) is 0 Å². The van der Waals surface area contributed by atoms with Crippen molar-refractivity contribution in [3.05, 3.63) is 41.7 Å². The number of piperazine rings is 1. The SMILES string of the molecule is Cc1cccc(N2CCN(C(F)C(=O)OCCC(F)=C(F)F)CC2)c1. The lowest BCUT2D eigenvalue weighted by Gasteiger charge is -2.36. The van der Waals surface area contributed by atoms with E-state index in [2.05, 4.69) is 9.64 Å². The van der Waals surface area contributed by atoms with Gasteiger partial charge in [0.1, 0.15) is 0 Å². The first kappa shape index (κ1) is 19.2. The molecule has 0 aliphatic carbocycles. The standard InChI is InChI=1S/C17H20F4N2O2/c1-12-3-2-4-13(11-12)22-6-8-23(9-7-22)16(21)17(24)25-10-5-14(18)15(19)20/h2-4,11,16H,5-10H2,1H3. The Morgan fingerprint density at radius 1 is 1.20 bits per heavy atom. The first-order chi connectivity index (χ1) is 11.9. The number of nitrogens with zero attached hydrogens (tertiary/aromatic N) is 2. The second kappa shape index (κ2) is 8.84. The Morgan fingerprint density at radius 2 is 1.88 bits per heavy atom. The molecule has 1 saturated heterocycles. The lowest BCUT2D eigenvalue weighted by Crippen LogP contribution is -2.51. The van der Waals surface area contributed by atoms with E-state index < -0.39 is 37.2 Å². The molecule has 1 aliphatic rings. The highest BCUT2D eigenvalue weighted by Crippen LogP contribution is 2.19. The molecule has 0 N–H and O–H groups in total. The van der Waals surface area contributed by atoms with Gasteiger partial charge < -0.3 is 9.64 Å². The smallest absolute Gasteiger partial charge is 0.356 e. The molecule has 0 aromatic heterocycles. The summed E-state index contributed by atoms with van der Waals surface area (Å²) >= 11 is 0. The van der Waals surface area contributed by atoms with Crippen LogP contribution in [0, 0.1) is 6.92 Å². The van der Waals surface area contributed by atoms with Crippen LogP contribution in [0.3, 0.4) is 0 Å². The number of ether oxygens (including phenoxy) is 1. The summed E-state index contributed by atoms with van der Waals surface area (Å²) in [6.07, 6.45) is -5.20. The van der Waals surface area contributed by atoms with Crippen molar-refractivity contribution in [2.45, 2.75) is 19.6 Å². The molecule has 8 heteroatoms. The van der Waals surface area contributed by atoms with Crippen LogP contribution in [0.2, 0.25) is 0 Å². The predicted octanol–water partition coefficient (Wildman–Crippen LogP) is 3.42. The van der Waals surface area contributed by atoms with Gasteiger partial charge in [-0.05, 0) is 24.6 Å². The summed E-state index contributed by atoms with van der Waals surface area (Å²) in [7, 11) is 0. The second-order valence-electron chi connectivity index (χ2n) is 5.78. The third-order valence-electron chi connectivity index (χ3n) is 3.97. The zero-order valence-electron chi connectivity index (χ0n) is 13.9. The zero-order valence-corrected chi connectivity index (χ0v) is 13.9. The zero-order chi connectivity index (χ0) is 18.4. The molecule has 1 unspecified atom stereocenters. The van der Waals surface area contributed by atoms with Gasteiger partial charge in [-0.25, -0.2) is 13.6 Å². The highest BCUT2D eigenvalue weighted by Gasteiger charge is 2.30. The van der Waals surface area contributed by atoms with Gasteiger partial charge in [0.05, 0.1) is 6.61 Å². The van der Waals surface area contributed by atoms with Gasteiger partial charge in [0, 0.05) is 38.3 Å². The molecule has 1 fully saturated rings. The Kier molecular flexibility index (Phi) is 6.81. The van der Waals surface area contributed by atoms with Gasteiger partial charge in [-0.3, -0.25) is 4.90 Å². The summed E-state index contributed by atoms with van der Waals surface area (Å²) in [5.74, 6) is -2.84. The fraction of sp³-hybridized carbons (Fsp3) is 0.471. The molecule has 2 rings (SSSR count). The monoisotopic (exact) mass is 360 g/mol. The van der Waals surface area contributed by atoms with Crippen molar-refractivity contribution < 1.29 is 27.1 Å². The number of carbonyl (C=O) groups is 1. The van der Waals surface area contributed by atoms with Crippen LogP contribution < -0.4 is 4.90 Å². The van der Waals surface area contributed by atoms with Gasteiger partial charge in [-0.2, -0.15) is 8.78 Å². The van der Waals surface area contributed by atoms with E-state index in [-0.39, 0.29) is 0 Å². The fourth-order valence-electron chi connectivity index (χ4n) is 2.59. The number of alkyl halides is 1. The molecule has 0 saturated carbocycles. The van der Waals surface area contributed by atoms with E-state index in [0.29, 0.717) is 26.2 Å². The van der Waals surface area contributed by atoms with Crippen LogP contribution in [0.4, 0.5) is 23.2 Å². The van der Waals surface area contributed by atoms with E-state index in [1.807, 2.05) is 31.2 Å². The van der Waals surface area contributed by atoms with Gasteiger partial charge in [0.15, 0.2) is 5.83 Å². The number of benzene rings is 1. The molecule has 1 aromatic rings. The normalized spacial score (nSPS) is 16.4. The molecule has 25 heavy (non-hydrogen) atoms. The van der Waals surface area contributed by atoms with Crippen LogP contribution >= 0.6 is 0 Å². The van der Waals surface area contributed by atoms with Crippen molar-refractivity contribution in [1.82, 2.24) is 4.90 Å². The Labute approximate surface area is 143 Å². The van der Waals surface area contributed by atoms with E-state index >= 15 is 0 Å². The third-order valence-corrected chi connectivity index (χ3v) is 3.97. The average Bonchev–Trinajstić information content (AvgIpc) is 2.61. The fourth-order valence-corrected chi connectivity index (χ4v) is 2.59. The van der Waals surface area contributed by atoms with Crippen LogP contribution in [0.5, 0.6) is 0 Å². The maximum atomic E-state index is 14.1. The molecule has 0 amide bonds. The highest BCUT2D eigenvalue weighted by atomic mass is 19.3. The van der Waals surface area contributed by atoms with Crippen LogP contribution in [-0.2, 0) is 9.53 Å². The minimum atomic E-state index is -2.46. The van der Waals surface area contributed by atoms with E-state index in [4.69, 9.17) is 0 Å². The van der Waals surface area contributed by atoms with Crippen molar-refractivity contribution in [2.75, 3.05) is 37.7 Å². The summed E-state index contributed by atoms with van der Waals surface area (Å²) in [6.45, 7) is 3.09. The lowest BCUT2D eigenvalue weighted by molar-refractivity contribution is -0.157. The molecule has 0 bridgehead atoms. The number of rotatable bonds is 6. The van der Waals surface area contributed by atoms with Crippen LogP contribution in [0.15, 0.2) is 36.2 Å². The molecule has 4 nitrogen and oxygen atoms in total. The van der Waals surface area contributed by atoms with Crippen LogP contribution in [-0.4, -0.2) is 50.0 Å². The number of hydrogen-bond donors (Lipinski definition) is 0. The van der Waals surface area contributed by atoms with E-state index in [9.17, 15) is 22.4 Å². The number of aryl methyl sites for hydroxylation is 1. The van der Waals surface area contributed by atoms with Crippen molar-refractivity contribution in [1.29, 1.82) is 0 Å². The van der Waals surface area contributed by atoms with Crippen molar-refractivity contribution in [3.8, 4) is 0 Å². The minimum Gasteiger partial charge on any atom is -0.462 e. The molecule has 1 aliphatic heterocycles. The first-order valence-corrected chi connectivity index (χ1v) is 7.94. The quantitative estimate of drug-likeness (QED) is 0.442. The van der Waals surface area contributed by atoms with Gasteiger partial charge in [-0.1, -0.05) is 12.1 Å². The summed E-state index contributed by atoms with van der Waals surface area (Å²) in [6, 6.07) is 7.93. The number of hydrogen-bond acceptors (Lipinski definition) is 4. The average molecular weight is 360 g/mol. The molecular formula is C17H20F4N2O2. The summed E-state index contributed by atoms with van der Waals surface area (Å²) < 4.78 is 55.0. The van der Waals surface area contributed by atoms with Gasteiger partial charge in [0.25, 0.3) is 6.30 Å². The summed E-state index contributed by atoms with van der Waals surface area (Å²) in [5.41, 5.74) is 2.16. The number of carbonyl (C=O) groups excluding carboxylic acids is 1. The van der Waals surface area contributed by atoms with Gasteiger partial charge >= 0.3 is 12.0 Å². The topological polar surface area (TPSA) is 32.8 Å². The molecule has 0 radical (unpaired) electrons. The molecule has 0 spiro atoms. The van der Waals surface area contributed by atoms with E-state index in [1.54, 1.807) is 0 Å². The van der Waals surface area contributed by atoms with Crippen molar-refractivity contribution in [3.63, 3.8) is 0 Å². The minimum absolute atomic E-state index is 0.317. The largest absolute Gasteiger partial charge is 0.462 e. The summed E-state index contributed by atoms with van der Waals surface area (Å²) in [4.78, 5) is 15.0. The number of halogens is 4. The highest BCUT2D eigenvalue weighted by molar-refractivity contribution is 5.74. The maximum absolute atomic E-state index is 14.1. The first-order valence-electron chi connectivity index (χ1n) is 7.94. The van der Waals surface area contributed by atoms with Gasteiger partial charge in [0.2, 0.25) is 0 Å². The predicted molar refractivity (Wildman–Crippen MR) is 85.8 cm³/mol. The number of esters is 1. The molecule has 1 aromatic carbocycles. The Balaban J connectivity index is 1.79. The molecule has 1 heterocycles. The summed E-state index contributed by atoms with van der Waals surface area (Å²) in [5, 5.41) is 0. The number of anilines is 1. The second-order valence-corrected chi connectivity index (χ2v) is 5.78. The van der Waals surface area contributed by atoms with E-state index in [0.717, 1.165) is 11.3 Å². The third kappa shape index (κ3) is 5.45. The van der Waals surface area contributed by atoms with Crippen molar-refractivity contribution in [2.24, 2.45) is 0 Å².